The lowest BCUT2D eigenvalue weighted by molar-refractivity contribution is -0.112. The summed E-state index contributed by atoms with van der Waals surface area (Å²) in [5.74, 6) is 0.0900. The molecule has 1 aromatic rings. The summed E-state index contributed by atoms with van der Waals surface area (Å²) in [4.78, 5) is 11.5. The smallest absolute Gasteiger partial charge is 0.184 e. The molecule has 0 amide bonds. The number of Topliss-reactive ketones (excluding diaryl/α,β-unsaturated/α-hetero) is 1. The predicted octanol–water partition coefficient (Wildman–Crippen LogP) is 5.16. The van der Waals surface area contributed by atoms with Crippen molar-refractivity contribution >= 4 is 11.5 Å². The summed E-state index contributed by atoms with van der Waals surface area (Å²) >= 11 is 0. The van der Waals surface area contributed by atoms with Gasteiger partial charge in [-0.2, -0.15) is 10.2 Å². The van der Waals surface area contributed by atoms with Gasteiger partial charge in [-0.25, -0.2) is 0 Å². The van der Waals surface area contributed by atoms with Crippen LogP contribution in [0.3, 0.4) is 0 Å². The number of nitrogens with zero attached hydrogens (tertiary/aromatic N) is 2. The SMILES string of the molecule is CC.CC1=CC(=CN=Nc2ccccc2)C=C(C)C1=O. The van der Waals surface area contributed by atoms with E-state index >= 15 is 0 Å². The molecule has 1 aliphatic rings. The quantitative estimate of drug-likeness (QED) is 0.683. The highest BCUT2D eigenvalue weighted by Gasteiger charge is 2.12. The fraction of sp³-hybridized carbons (Fsp3) is 0.235. The topological polar surface area (TPSA) is 41.8 Å². The molecule has 0 N–H and O–H groups in total. The number of carbonyl (C=O) groups is 1. The zero-order valence-corrected chi connectivity index (χ0v) is 12.4. The molecule has 2 rings (SSSR count). The zero-order chi connectivity index (χ0) is 15.0. The van der Waals surface area contributed by atoms with Crippen LogP contribution >= 0.6 is 0 Å². The minimum absolute atomic E-state index is 0.0900. The number of allylic oxidation sites excluding steroid dienone is 5. The number of hydrogen-bond acceptors (Lipinski definition) is 3. The molecule has 0 saturated heterocycles. The van der Waals surface area contributed by atoms with Crippen LogP contribution in [0.25, 0.3) is 0 Å². The largest absolute Gasteiger partial charge is 0.289 e. The van der Waals surface area contributed by atoms with Crippen LogP contribution in [0.1, 0.15) is 27.7 Å². The normalized spacial score (nSPS) is 14.4. The second-order valence-electron chi connectivity index (χ2n) is 4.16. The summed E-state index contributed by atoms with van der Waals surface area (Å²) < 4.78 is 0. The Kier molecular flexibility index (Phi) is 6.30. The molecule has 0 heterocycles. The van der Waals surface area contributed by atoms with E-state index < -0.39 is 0 Å². The Morgan fingerprint density at radius 3 is 2.05 bits per heavy atom. The standard InChI is InChI=1S/C15H14N2O.C2H6/c1-11-8-13(9-12(2)15(11)18)10-16-17-14-6-4-3-5-7-14;1-2/h3-10H,1-2H3;1-2H3. The van der Waals surface area contributed by atoms with E-state index in [1.54, 1.807) is 20.0 Å². The van der Waals surface area contributed by atoms with Crippen LogP contribution in [-0.2, 0) is 4.79 Å². The molecule has 3 nitrogen and oxygen atoms in total. The van der Waals surface area contributed by atoms with Gasteiger partial charge in [-0.3, -0.25) is 4.79 Å². The Bertz CT molecular complexity index is 554. The van der Waals surface area contributed by atoms with Gasteiger partial charge in [0, 0.05) is 0 Å². The van der Waals surface area contributed by atoms with Crippen LogP contribution in [-0.4, -0.2) is 5.78 Å². The fourth-order valence-corrected chi connectivity index (χ4v) is 1.72. The number of azo groups is 1. The lowest BCUT2D eigenvalue weighted by atomic mass is 9.96. The third-order valence-electron chi connectivity index (χ3n) is 2.62. The third-order valence-corrected chi connectivity index (χ3v) is 2.62. The van der Waals surface area contributed by atoms with E-state index in [1.165, 1.54) is 0 Å². The Hall–Kier alpha value is -2.29. The zero-order valence-electron chi connectivity index (χ0n) is 12.4. The molecule has 0 bridgehead atoms. The van der Waals surface area contributed by atoms with Crippen molar-refractivity contribution < 1.29 is 4.79 Å². The van der Waals surface area contributed by atoms with Gasteiger partial charge in [0.2, 0.25) is 0 Å². The van der Waals surface area contributed by atoms with Crippen LogP contribution in [0.2, 0.25) is 0 Å². The van der Waals surface area contributed by atoms with Crippen LogP contribution in [0, 0.1) is 0 Å². The number of ketones is 1. The Morgan fingerprint density at radius 2 is 1.50 bits per heavy atom. The predicted molar refractivity (Wildman–Crippen MR) is 82.9 cm³/mol. The third kappa shape index (κ3) is 4.43. The van der Waals surface area contributed by atoms with Crippen LogP contribution in [0.5, 0.6) is 0 Å². The summed E-state index contributed by atoms with van der Waals surface area (Å²) in [5.41, 5.74) is 3.17. The number of hydrogen-bond donors (Lipinski definition) is 0. The summed E-state index contributed by atoms with van der Waals surface area (Å²) in [5, 5.41) is 8.10. The lowest BCUT2D eigenvalue weighted by Gasteiger charge is -2.07. The van der Waals surface area contributed by atoms with Crippen LogP contribution < -0.4 is 0 Å². The molecule has 0 spiro atoms. The lowest BCUT2D eigenvalue weighted by Crippen LogP contribution is -2.05. The van der Waals surface area contributed by atoms with Crippen molar-refractivity contribution in [2.75, 3.05) is 0 Å². The van der Waals surface area contributed by atoms with Gasteiger partial charge in [-0.15, -0.1) is 0 Å². The van der Waals surface area contributed by atoms with Crippen molar-refractivity contribution in [3.05, 3.63) is 65.4 Å². The van der Waals surface area contributed by atoms with Gasteiger partial charge in [-0.05, 0) is 54.9 Å². The van der Waals surface area contributed by atoms with Gasteiger partial charge in [0.05, 0.1) is 11.9 Å². The van der Waals surface area contributed by atoms with Crippen molar-refractivity contribution in [2.45, 2.75) is 27.7 Å². The number of benzene rings is 1. The maximum absolute atomic E-state index is 11.5. The highest BCUT2D eigenvalue weighted by molar-refractivity contribution is 6.09. The van der Waals surface area contributed by atoms with E-state index in [2.05, 4.69) is 10.2 Å². The van der Waals surface area contributed by atoms with Gasteiger partial charge < -0.3 is 0 Å². The molecule has 0 radical (unpaired) electrons. The molecule has 3 heteroatoms. The molecule has 0 unspecified atom stereocenters. The molecular weight excluding hydrogens is 248 g/mol. The van der Waals surface area contributed by atoms with E-state index in [1.807, 2.05) is 56.3 Å². The summed E-state index contributed by atoms with van der Waals surface area (Å²) in [7, 11) is 0. The van der Waals surface area contributed by atoms with Gasteiger partial charge in [0.1, 0.15) is 0 Å². The summed E-state index contributed by atoms with van der Waals surface area (Å²) in [6.07, 6.45) is 5.30. The Labute approximate surface area is 120 Å². The van der Waals surface area contributed by atoms with Gasteiger partial charge in [0.25, 0.3) is 0 Å². The molecule has 1 aliphatic carbocycles. The molecule has 0 fully saturated rings. The molecule has 104 valence electrons. The van der Waals surface area contributed by atoms with Gasteiger partial charge in [0.15, 0.2) is 5.78 Å². The monoisotopic (exact) mass is 268 g/mol. The van der Waals surface area contributed by atoms with Crippen LogP contribution in [0.15, 0.2) is 75.6 Å². The fourth-order valence-electron chi connectivity index (χ4n) is 1.72. The second-order valence-corrected chi connectivity index (χ2v) is 4.16. The molecule has 0 atom stereocenters. The molecular formula is C17H20N2O. The van der Waals surface area contributed by atoms with Crippen molar-refractivity contribution in [2.24, 2.45) is 10.2 Å². The van der Waals surface area contributed by atoms with E-state index in [-0.39, 0.29) is 5.78 Å². The van der Waals surface area contributed by atoms with Gasteiger partial charge in [-0.1, -0.05) is 32.0 Å². The summed E-state index contributed by atoms with van der Waals surface area (Å²) in [6.45, 7) is 7.61. The average Bonchev–Trinajstić information content (AvgIpc) is 2.48. The minimum atomic E-state index is 0.0900. The van der Waals surface area contributed by atoms with E-state index in [4.69, 9.17) is 0 Å². The van der Waals surface area contributed by atoms with Crippen molar-refractivity contribution in [1.29, 1.82) is 0 Å². The van der Waals surface area contributed by atoms with E-state index in [0.29, 0.717) is 0 Å². The highest BCUT2D eigenvalue weighted by atomic mass is 16.1. The van der Waals surface area contributed by atoms with E-state index in [0.717, 1.165) is 22.4 Å². The molecule has 20 heavy (non-hydrogen) atoms. The van der Waals surface area contributed by atoms with Gasteiger partial charge >= 0.3 is 0 Å². The molecule has 0 aromatic heterocycles. The average molecular weight is 268 g/mol. The highest BCUT2D eigenvalue weighted by Crippen LogP contribution is 2.18. The first-order valence-corrected chi connectivity index (χ1v) is 6.74. The maximum Gasteiger partial charge on any atom is 0.184 e. The Morgan fingerprint density at radius 1 is 0.950 bits per heavy atom. The maximum atomic E-state index is 11.5. The van der Waals surface area contributed by atoms with Crippen molar-refractivity contribution in [3.8, 4) is 0 Å². The first kappa shape index (κ1) is 15.8. The first-order valence-electron chi connectivity index (χ1n) is 6.74. The molecule has 1 aromatic carbocycles. The minimum Gasteiger partial charge on any atom is -0.289 e. The first-order chi connectivity index (χ1) is 9.66. The number of carbonyl (C=O) groups excluding carboxylic acids is 1. The number of rotatable bonds is 2. The molecule has 0 saturated carbocycles. The van der Waals surface area contributed by atoms with Crippen molar-refractivity contribution in [1.82, 2.24) is 0 Å². The van der Waals surface area contributed by atoms with Crippen molar-refractivity contribution in [3.63, 3.8) is 0 Å². The Balaban J connectivity index is 0.000000956. The second kappa shape index (κ2) is 8.00. The summed E-state index contributed by atoms with van der Waals surface area (Å²) in [6, 6.07) is 9.52. The van der Waals surface area contributed by atoms with Crippen LogP contribution in [0.4, 0.5) is 5.69 Å². The van der Waals surface area contributed by atoms with E-state index in [9.17, 15) is 4.79 Å². The molecule has 0 aliphatic heterocycles.